The number of hydrogen-bond donors (Lipinski definition) is 0. The predicted molar refractivity (Wildman–Crippen MR) is 288 cm³/mol. The van der Waals surface area contributed by atoms with Crippen molar-refractivity contribution in [2.45, 2.75) is 39.3 Å². The lowest BCUT2D eigenvalue weighted by molar-refractivity contribution is 1.25. The third-order valence-corrected chi connectivity index (χ3v) is 17.8. The number of hydrogen-bond acceptors (Lipinski definition) is 2. The van der Waals surface area contributed by atoms with Gasteiger partial charge >= 0.3 is 0 Å². The Bertz CT molecular complexity index is 3010. The molecule has 11 rings (SSSR count). The second-order valence-electron chi connectivity index (χ2n) is 19.7. The van der Waals surface area contributed by atoms with E-state index in [-0.39, 0.29) is 6.71 Å². The van der Waals surface area contributed by atoms with Crippen molar-refractivity contribution < 1.29 is 0 Å². The Morgan fingerprint density at radius 2 is 0.600 bits per heavy atom. The van der Waals surface area contributed by atoms with Gasteiger partial charge in [-0.2, -0.15) is 0 Å². The van der Waals surface area contributed by atoms with Crippen LogP contribution in [0.2, 0.25) is 39.3 Å². The third kappa shape index (κ3) is 7.02. The van der Waals surface area contributed by atoms with Gasteiger partial charge in [-0.05, 0) is 62.9 Å². The Morgan fingerprint density at radius 1 is 0.292 bits per heavy atom. The van der Waals surface area contributed by atoms with Gasteiger partial charge in [0.15, 0.2) is 0 Å². The van der Waals surface area contributed by atoms with Gasteiger partial charge in [-0.3, -0.25) is 0 Å². The second-order valence-corrected chi connectivity index (χ2v) is 29.9. The highest BCUT2D eigenvalue weighted by Gasteiger charge is 2.44. The largest absolute Gasteiger partial charge is 0.310 e. The summed E-state index contributed by atoms with van der Waals surface area (Å²) in [5.74, 6) is 0. The number of rotatable bonds is 8. The molecule has 0 bridgehead atoms. The predicted octanol–water partition coefficient (Wildman–Crippen LogP) is 13.5. The van der Waals surface area contributed by atoms with Crippen LogP contribution in [0, 0.1) is 0 Å². The summed E-state index contributed by atoms with van der Waals surface area (Å²) in [5, 5.41) is 2.93. The molecule has 65 heavy (non-hydrogen) atoms. The molecule has 5 heteroatoms. The van der Waals surface area contributed by atoms with Crippen LogP contribution in [-0.4, -0.2) is 22.9 Å². The summed E-state index contributed by atoms with van der Waals surface area (Å²) in [5.41, 5.74) is 20.8. The van der Waals surface area contributed by atoms with Gasteiger partial charge in [-0.15, -0.1) is 0 Å². The molecule has 2 heterocycles. The van der Waals surface area contributed by atoms with Crippen molar-refractivity contribution in [1.29, 1.82) is 0 Å². The van der Waals surface area contributed by atoms with Crippen LogP contribution < -0.4 is 36.6 Å². The molecule has 0 amide bonds. The number of fused-ring (bicyclic) bond motifs is 4. The van der Waals surface area contributed by atoms with Crippen LogP contribution in [0.4, 0.5) is 34.1 Å². The van der Waals surface area contributed by atoms with E-state index in [1.807, 2.05) is 0 Å². The topological polar surface area (TPSA) is 6.48 Å². The van der Waals surface area contributed by atoms with E-state index in [2.05, 4.69) is 261 Å². The lowest BCUT2D eigenvalue weighted by Crippen LogP contribution is -2.61. The van der Waals surface area contributed by atoms with Crippen molar-refractivity contribution in [3.8, 4) is 44.5 Å². The fourth-order valence-corrected chi connectivity index (χ4v) is 12.7. The normalized spacial score (nSPS) is 13.0. The van der Waals surface area contributed by atoms with Gasteiger partial charge < -0.3 is 9.80 Å². The minimum atomic E-state index is -1.51. The van der Waals surface area contributed by atoms with Crippen molar-refractivity contribution in [3.05, 3.63) is 212 Å². The molecule has 0 unspecified atom stereocenters. The highest BCUT2D eigenvalue weighted by atomic mass is 28.3. The van der Waals surface area contributed by atoms with Crippen LogP contribution in [0.1, 0.15) is 0 Å². The first-order chi connectivity index (χ1) is 31.6. The molecule has 0 aliphatic carbocycles. The van der Waals surface area contributed by atoms with E-state index in [9.17, 15) is 0 Å². The van der Waals surface area contributed by atoms with E-state index >= 15 is 0 Å². The first kappa shape index (κ1) is 40.8. The summed E-state index contributed by atoms with van der Waals surface area (Å²) in [6.07, 6.45) is 0. The molecule has 0 saturated heterocycles. The van der Waals surface area contributed by atoms with Crippen LogP contribution in [0.5, 0.6) is 0 Å². The quantitative estimate of drug-likeness (QED) is 0.140. The van der Waals surface area contributed by atoms with E-state index in [0.717, 1.165) is 0 Å². The van der Waals surface area contributed by atoms with Gasteiger partial charge in [-0.1, -0.05) is 238 Å². The molecule has 9 aromatic carbocycles. The standard InChI is InChI=1S/C60H53BN2Si2/c1-64(2,3)46-38-34-44(35-39-46)50-26-17-24-48(42-20-9-7-10-21-42)59(50)62-54-30-15-13-28-52(54)61-53-29-14-16-31-55(53)63(57-33-19-32-56(62)58(57)61)60-49(43-22-11-8-12-23-43)25-18-27-51(60)45-36-40-47(41-37-45)65(4,5)6/h7-41H,1-6H3. The van der Waals surface area contributed by atoms with Crippen molar-refractivity contribution in [2.75, 3.05) is 9.80 Å². The SMILES string of the molecule is C[Si](C)(C)c1ccc(-c2cccc(-c3ccccc3)c2N2c3ccccc3B3c4ccccc4N(c4c(-c5ccccc5)cccc4-c4ccc([Si](C)(C)C)cc4)c4cccc2c43)cc1. The monoisotopic (exact) mass is 868 g/mol. The Kier molecular flexibility index (Phi) is 10.0. The van der Waals surface area contributed by atoms with Crippen LogP contribution in [0.25, 0.3) is 44.5 Å². The molecule has 9 aromatic rings. The summed E-state index contributed by atoms with van der Waals surface area (Å²) >= 11 is 0. The molecule has 0 radical (unpaired) electrons. The molecular weight excluding hydrogens is 816 g/mol. The third-order valence-electron chi connectivity index (χ3n) is 13.6. The smallest absolute Gasteiger partial charge is 0.252 e. The van der Waals surface area contributed by atoms with E-state index < -0.39 is 16.1 Å². The highest BCUT2D eigenvalue weighted by Crippen LogP contribution is 2.52. The Morgan fingerprint density at radius 3 is 0.969 bits per heavy atom. The summed E-state index contributed by atoms with van der Waals surface area (Å²) in [7, 11) is -3.02. The zero-order chi connectivity index (χ0) is 44.5. The summed E-state index contributed by atoms with van der Waals surface area (Å²) < 4.78 is 0. The van der Waals surface area contributed by atoms with Crippen molar-refractivity contribution in [2.24, 2.45) is 0 Å². The van der Waals surface area contributed by atoms with E-state index in [0.29, 0.717) is 0 Å². The van der Waals surface area contributed by atoms with E-state index in [4.69, 9.17) is 0 Å². The minimum Gasteiger partial charge on any atom is -0.310 e. The fraction of sp³-hybridized carbons (Fsp3) is 0.100. The van der Waals surface area contributed by atoms with Crippen LogP contribution in [0.15, 0.2) is 212 Å². The maximum absolute atomic E-state index is 2.60. The lowest BCUT2D eigenvalue weighted by Gasteiger charge is -2.45. The molecule has 0 spiro atoms. The molecule has 0 aromatic heterocycles. The summed E-state index contributed by atoms with van der Waals surface area (Å²) in [4.78, 5) is 5.19. The van der Waals surface area contributed by atoms with Gasteiger partial charge in [0, 0.05) is 45.0 Å². The van der Waals surface area contributed by atoms with Gasteiger partial charge in [-0.25, -0.2) is 0 Å². The molecule has 0 fully saturated rings. The molecule has 314 valence electrons. The Hall–Kier alpha value is -6.92. The van der Waals surface area contributed by atoms with Gasteiger partial charge in [0.1, 0.15) is 0 Å². The minimum absolute atomic E-state index is 0.0211. The van der Waals surface area contributed by atoms with Crippen molar-refractivity contribution in [1.82, 2.24) is 0 Å². The Balaban J connectivity index is 1.21. The molecule has 2 nitrogen and oxygen atoms in total. The first-order valence-corrected chi connectivity index (χ1v) is 30.1. The van der Waals surface area contributed by atoms with E-state index in [1.54, 1.807) is 0 Å². The first-order valence-electron chi connectivity index (χ1n) is 23.1. The summed E-state index contributed by atoms with van der Waals surface area (Å²) in [6, 6.07) is 79.9. The van der Waals surface area contributed by atoms with Crippen molar-refractivity contribution in [3.63, 3.8) is 0 Å². The van der Waals surface area contributed by atoms with Crippen LogP contribution in [-0.2, 0) is 0 Å². The molecule has 2 aliphatic rings. The maximum Gasteiger partial charge on any atom is 0.252 e. The molecule has 2 aliphatic heterocycles. The number of benzene rings is 9. The fourth-order valence-electron chi connectivity index (χ4n) is 10.4. The van der Waals surface area contributed by atoms with Gasteiger partial charge in [0.25, 0.3) is 6.71 Å². The van der Waals surface area contributed by atoms with Gasteiger partial charge in [0.05, 0.1) is 27.5 Å². The second kappa shape index (κ2) is 16.0. The number of para-hydroxylation sites is 4. The Labute approximate surface area is 387 Å². The average molecular weight is 869 g/mol. The summed E-state index contributed by atoms with van der Waals surface area (Å²) in [6.45, 7) is 14.6. The lowest BCUT2D eigenvalue weighted by atomic mass is 9.33. The zero-order valence-electron chi connectivity index (χ0n) is 38.2. The molecule has 0 N–H and O–H groups in total. The molecule has 0 saturated carbocycles. The van der Waals surface area contributed by atoms with Crippen molar-refractivity contribution >= 4 is 83.7 Å². The maximum atomic E-state index is 2.60. The van der Waals surface area contributed by atoms with Crippen LogP contribution >= 0.6 is 0 Å². The van der Waals surface area contributed by atoms with E-state index in [1.165, 1.54) is 105 Å². The number of anilines is 6. The molecule has 0 atom stereocenters. The highest BCUT2D eigenvalue weighted by molar-refractivity contribution is 7.00. The van der Waals surface area contributed by atoms with Crippen LogP contribution in [0.3, 0.4) is 0 Å². The molecular formula is C60H53BN2Si2. The zero-order valence-corrected chi connectivity index (χ0v) is 40.2. The van der Waals surface area contributed by atoms with Gasteiger partial charge in [0.2, 0.25) is 0 Å². The number of nitrogens with zero attached hydrogens (tertiary/aromatic N) is 2. The average Bonchev–Trinajstić information content (AvgIpc) is 3.34.